The second kappa shape index (κ2) is 6.27. The molecule has 0 N–H and O–H groups in total. The van der Waals surface area contributed by atoms with E-state index in [4.69, 9.17) is 0 Å². The van der Waals surface area contributed by atoms with Gasteiger partial charge in [-0.05, 0) is 56.5 Å². The molecule has 1 saturated heterocycles. The summed E-state index contributed by atoms with van der Waals surface area (Å²) in [5.41, 5.74) is 0.551. The summed E-state index contributed by atoms with van der Waals surface area (Å²) in [5.74, 6) is 0.0474. The molecule has 21 heavy (non-hydrogen) atoms. The van der Waals surface area contributed by atoms with Gasteiger partial charge in [0.2, 0.25) is 0 Å². The number of ketones is 1. The van der Waals surface area contributed by atoms with E-state index in [-0.39, 0.29) is 11.4 Å². The van der Waals surface area contributed by atoms with Gasteiger partial charge in [-0.15, -0.1) is 0 Å². The van der Waals surface area contributed by atoms with Crippen molar-refractivity contribution in [3.05, 3.63) is 35.6 Å². The highest BCUT2D eigenvalue weighted by molar-refractivity contribution is 5.90. The van der Waals surface area contributed by atoms with Crippen LogP contribution in [0.15, 0.2) is 24.3 Å². The second-order valence-electron chi connectivity index (χ2n) is 6.52. The highest BCUT2D eigenvalue weighted by Crippen LogP contribution is 2.38. The molecule has 0 amide bonds. The molecule has 1 heterocycles. The number of hydrogen-bond donors (Lipinski definition) is 0. The Morgan fingerprint density at radius 2 is 1.81 bits per heavy atom. The summed E-state index contributed by atoms with van der Waals surface area (Å²) in [7, 11) is 0. The van der Waals surface area contributed by atoms with Crippen LogP contribution in [0, 0.1) is 5.82 Å². The Morgan fingerprint density at radius 3 is 2.48 bits per heavy atom. The van der Waals surface area contributed by atoms with Crippen molar-refractivity contribution in [2.75, 3.05) is 13.1 Å². The monoisotopic (exact) mass is 289 g/mol. The van der Waals surface area contributed by atoms with Crippen LogP contribution in [0.3, 0.4) is 0 Å². The topological polar surface area (TPSA) is 20.3 Å². The number of carbonyl (C=O) groups is 1. The minimum atomic E-state index is -0.257. The molecular formula is C18H24FNO. The molecule has 1 saturated carbocycles. The van der Waals surface area contributed by atoms with Crippen LogP contribution in [0.2, 0.25) is 0 Å². The lowest BCUT2D eigenvalue weighted by Gasteiger charge is -2.42. The number of halogens is 1. The molecule has 0 radical (unpaired) electrons. The van der Waals surface area contributed by atoms with Crippen LogP contribution < -0.4 is 0 Å². The lowest BCUT2D eigenvalue weighted by atomic mass is 9.85. The Bertz CT molecular complexity index is 502. The van der Waals surface area contributed by atoms with Crippen molar-refractivity contribution in [1.82, 2.24) is 4.90 Å². The van der Waals surface area contributed by atoms with E-state index in [0.717, 1.165) is 44.3 Å². The van der Waals surface area contributed by atoms with Crippen LogP contribution in [0.4, 0.5) is 4.39 Å². The van der Waals surface area contributed by atoms with E-state index in [0.29, 0.717) is 12.2 Å². The quantitative estimate of drug-likeness (QED) is 0.841. The molecule has 1 aromatic carbocycles. The number of carbonyl (C=O) groups excluding carboxylic acids is 1. The van der Waals surface area contributed by atoms with Crippen molar-refractivity contribution < 1.29 is 9.18 Å². The molecule has 2 aliphatic rings. The second-order valence-corrected chi connectivity index (χ2v) is 6.52. The van der Waals surface area contributed by atoms with Crippen molar-refractivity contribution in [1.29, 1.82) is 0 Å². The fourth-order valence-electron chi connectivity index (χ4n) is 4.05. The average molecular weight is 289 g/mol. The smallest absolute Gasteiger partial charge is 0.157 e. The van der Waals surface area contributed by atoms with E-state index >= 15 is 0 Å². The molecule has 3 rings (SSSR count). The highest BCUT2D eigenvalue weighted by Gasteiger charge is 2.45. The number of hydrogen-bond acceptors (Lipinski definition) is 2. The largest absolute Gasteiger partial charge is 0.297 e. The standard InChI is InChI=1S/C18H24FNO/c19-16-8-6-7-15(13-16)14-17(21)18(9-2-3-10-18)20-11-4-1-5-12-20/h6-8,13H,1-5,9-12,14H2. The predicted octanol–water partition coefficient (Wildman–Crippen LogP) is 3.74. The van der Waals surface area contributed by atoms with Gasteiger partial charge in [0.1, 0.15) is 5.82 Å². The molecule has 1 aliphatic carbocycles. The van der Waals surface area contributed by atoms with Gasteiger partial charge in [0.15, 0.2) is 5.78 Å². The zero-order valence-electron chi connectivity index (χ0n) is 12.6. The van der Waals surface area contributed by atoms with Crippen molar-refractivity contribution in [3.63, 3.8) is 0 Å². The van der Waals surface area contributed by atoms with Crippen molar-refractivity contribution in [2.24, 2.45) is 0 Å². The maximum Gasteiger partial charge on any atom is 0.157 e. The summed E-state index contributed by atoms with van der Waals surface area (Å²) >= 11 is 0. The van der Waals surface area contributed by atoms with Crippen molar-refractivity contribution >= 4 is 5.78 Å². The third-order valence-electron chi connectivity index (χ3n) is 5.16. The highest BCUT2D eigenvalue weighted by atomic mass is 19.1. The van der Waals surface area contributed by atoms with E-state index in [1.165, 1.54) is 31.4 Å². The first-order valence-electron chi connectivity index (χ1n) is 8.23. The molecule has 0 unspecified atom stereocenters. The average Bonchev–Trinajstić information content (AvgIpc) is 2.99. The number of benzene rings is 1. The summed E-state index contributed by atoms with van der Waals surface area (Å²) in [6, 6.07) is 6.49. The first-order valence-corrected chi connectivity index (χ1v) is 8.23. The summed E-state index contributed by atoms with van der Waals surface area (Å²) in [4.78, 5) is 15.4. The van der Waals surface area contributed by atoms with Crippen LogP contribution in [-0.2, 0) is 11.2 Å². The lowest BCUT2D eigenvalue weighted by molar-refractivity contribution is -0.131. The van der Waals surface area contributed by atoms with Gasteiger partial charge in [0.25, 0.3) is 0 Å². The molecule has 1 aliphatic heterocycles. The fraction of sp³-hybridized carbons (Fsp3) is 0.611. The molecule has 2 nitrogen and oxygen atoms in total. The zero-order chi connectivity index (χ0) is 14.7. The van der Waals surface area contributed by atoms with E-state index in [2.05, 4.69) is 4.90 Å². The zero-order valence-corrected chi connectivity index (χ0v) is 12.6. The van der Waals surface area contributed by atoms with Gasteiger partial charge in [-0.1, -0.05) is 31.4 Å². The van der Waals surface area contributed by atoms with Crippen molar-refractivity contribution in [2.45, 2.75) is 56.9 Å². The van der Waals surface area contributed by atoms with E-state index in [1.54, 1.807) is 6.07 Å². The molecule has 0 atom stereocenters. The molecule has 114 valence electrons. The summed E-state index contributed by atoms with van der Waals surface area (Å²) in [6.07, 6.45) is 8.32. The van der Waals surface area contributed by atoms with Crippen LogP contribution in [0.5, 0.6) is 0 Å². The van der Waals surface area contributed by atoms with Gasteiger partial charge in [-0.2, -0.15) is 0 Å². The predicted molar refractivity (Wildman–Crippen MR) is 81.7 cm³/mol. The van der Waals surface area contributed by atoms with Gasteiger partial charge in [-0.25, -0.2) is 4.39 Å². The van der Waals surface area contributed by atoms with Crippen LogP contribution in [-0.4, -0.2) is 29.3 Å². The van der Waals surface area contributed by atoms with Gasteiger partial charge in [0.05, 0.1) is 5.54 Å². The minimum Gasteiger partial charge on any atom is -0.297 e. The number of piperidine rings is 1. The maximum absolute atomic E-state index is 13.3. The Balaban J connectivity index is 1.78. The molecule has 2 fully saturated rings. The SMILES string of the molecule is O=C(Cc1cccc(F)c1)C1(N2CCCCC2)CCCC1. The van der Waals surface area contributed by atoms with E-state index in [1.807, 2.05) is 6.07 Å². The third kappa shape index (κ3) is 3.03. The van der Waals surface area contributed by atoms with Crippen molar-refractivity contribution in [3.8, 4) is 0 Å². The Kier molecular flexibility index (Phi) is 4.39. The molecule has 0 bridgehead atoms. The summed E-state index contributed by atoms with van der Waals surface area (Å²) in [6.45, 7) is 2.10. The molecular weight excluding hydrogens is 265 g/mol. The lowest BCUT2D eigenvalue weighted by Crippen LogP contribution is -2.55. The molecule has 1 aromatic rings. The number of likely N-dealkylation sites (tertiary alicyclic amines) is 1. The maximum atomic E-state index is 13.3. The molecule has 0 spiro atoms. The van der Waals surface area contributed by atoms with Crippen LogP contribution in [0.25, 0.3) is 0 Å². The van der Waals surface area contributed by atoms with Gasteiger partial charge < -0.3 is 0 Å². The Hall–Kier alpha value is -1.22. The Morgan fingerprint density at radius 1 is 1.10 bits per heavy atom. The summed E-state index contributed by atoms with van der Waals surface area (Å²) < 4.78 is 13.3. The molecule has 0 aromatic heterocycles. The number of rotatable bonds is 4. The van der Waals surface area contributed by atoms with Gasteiger partial charge in [-0.3, -0.25) is 9.69 Å². The molecule has 3 heteroatoms. The van der Waals surface area contributed by atoms with Gasteiger partial charge in [0, 0.05) is 6.42 Å². The van der Waals surface area contributed by atoms with Crippen LogP contribution in [0.1, 0.15) is 50.5 Å². The van der Waals surface area contributed by atoms with Gasteiger partial charge >= 0.3 is 0 Å². The summed E-state index contributed by atoms with van der Waals surface area (Å²) in [5, 5.41) is 0. The Labute approximate surface area is 126 Å². The fourth-order valence-corrected chi connectivity index (χ4v) is 4.05. The first kappa shape index (κ1) is 14.7. The van der Waals surface area contributed by atoms with E-state index in [9.17, 15) is 9.18 Å². The first-order chi connectivity index (χ1) is 10.2. The number of Topliss-reactive ketones (excluding diaryl/α,β-unsaturated/α-hetero) is 1. The normalized spacial score (nSPS) is 22.3. The minimum absolute atomic E-state index is 0.251. The van der Waals surface area contributed by atoms with E-state index < -0.39 is 0 Å². The van der Waals surface area contributed by atoms with Crippen LogP contribution >= 0.6 is 0 Å². The third-order valence-corrected chi connectivity index (χ3v) is 5.16. The number of nitrogens with zero attached hydrogens (tertiary/aromatic N) is 1.